The third-order valence-electron chi connectivity index (χ3n) is 0.874. The maximum absolute atomic E-state index is 4.63. The van der Waals surface area contributed by atoms with E-state index in [1.54, 1.807) is 11.6 Å². The first-order valence-corrected chi connectivity index (χ1v) is 2.82. The Morgan fingerprint density at radius 2 is 2.75 bits per heavy atom. The monoisotopic (exact) mass is 126 g/mol. The van der Waals surface area contributed by atoms with E-state index in [4.69, 9.17) is 0 Å². The van der Waals surface area contributed by atoms with Crippen LogP contribution in [0.25, 0.3) is 0 Å². The predicted octanol–water partition coefficient (Wildman–Crippen LogP) is 0.952. The lowest BCUT2D eigenvalue weighted by atomic mass is 10.3. The molecule has 0 aliphatic carbocycles. The van der Waals surface area contributed by atoms with Gasteiger partial charge in [0.2, 0.25) is 0 Å². The first-order chi connectivity index (χ1) is 3.93. The summed E-state index contributed by atoms with van der Waals surface area (Å²) in [4.78, 5) is 0. The van der Waals surface area contributed by atoms with Crippen molar-refractivity contribution in [2.45, 2.75) is 6.42 Å². The molecule has 1 rings (SSSR count). The van der Waals surface area contributed by atoms with Crippen LogP contribution >= 0.6 is 12.2 Å². The summed E-state index contributed by atoms with van der Waals surface area (Å²) in [5, 5.41) is 8.13. The van der Waals surface area contributed by atoms with Crippen LogP contribution in [0.5, 0.6) is 0 Å². The summed E-state index contributed by atoms with van der Waals surface area (Å²) in [7, 11) is 0. The van der Waals surface area contributed by atoms with Gasteiger partial charge in [-0.15, -0.1) is 0 Å². The van der Waals surface area contributed by atoms with Crippen molar-refractivity contribution in [1.82, 2.24) is 10.2 Å². The summed E-state index contributed by atoms with van der Waals surface area (Å²) < 4.78 is 0. The smallest absolute Gasteiger partial charge is 0.0522 e. The van der Waals surface area contributed by atoms with Crippen molar-refractivity contribution in [3.63, 3.8) is 0 Å². The summed E-state index contributed by atoms with van der Waals surface area (Å²) in [6.07, 6.45) is 4.43. The van der Waals surface area contributed by atoms with E-state index in [0.29, 0.717) is 0 Å². The van der Waals surface area contributed by atoms with Gasteiger partial charge in [0.1, 0.15) is 0 Å². The molecule has 0 radical (unpaired) electrons. The average molecular weight is 126 g/mol. The van der Waals surface area contributed by atoms with Crippen molar-refractivity contribution in [2.75, 3.05) is 0 Å². The molecule has 0 aromatic carbocycles. The largest absolute Gasteiger partial charge is 0.285 e. The third kappa shape index (κ3) is 1.13. The number of rotatable bonds is 2. The maximum atomic E-state index is 4.63. The van der Waals surface area contributed by atoms with Gasteiger partial charge in [0.05, 0.1) is 6.20 Å². The van der Waals surface area contributed by atoms with Gasteiger partial charge in [-0.1, -0.05) is 12.2 Å². The first kappa shape index (κ1) is 5.44. The van der Waals surface area contributed by atoms with Crippen molar-refractivity contribution < 1.29 is 0 Å². The Labute approximate surface area is 52.9 Å². The molecule has 2 nitrogen and oxygen atoms in total. The van der Waals surface area contributed by atoms with Crippen LogP contribution in [-0.2, 0) is 6.42 Å². The number of aromatic amines is 1. The van der Waals surface area contributed by atoms with Gasteiger partial charge < -0.3 is 0 Å². The molecule has 0 unspecified atom stereocenters. The van der Waals surface area contributed by atoms with Crippen LogP contribution in [0, 0.1) is 0 Å². The quantitative estimate of drug-likeness (QED) is 0.598. The second-order valence-electron chi connectivity index (χ2n) is 1.48. The number of hydrogen-bond acceptors (Lipinski definition) is 2. The molecule has 1 N–H and O–H groups in total. The molecule has 8 heavy (non-hydrogen) atoms. The molecule has 1 aromatic rings. The highest BCUT2D eigenvalue weighted by molar-refractivity contribution is 7.78. The van der Waals surface area contributed by atoms with Crippen molar-refractivity contribution >= 4 is 17.6 Å². The Morgan fingerprint density at radius 3 is 3.25 bits per heavy atom. The van der Waals surface area contributed by atoms with E-state index in [-0.39, 0.29) is 0 Å². The minimum absolute atomic E-state index is 0.825. The van der Waals surface area contributed by atoms with Crippen molar-refractivity contribution in [2.24, 2.45) is 0 Å². The van der Waals surface area contributed by atoms with Crippen LogP contribution in [-0.4, -0.2) is 15.6 Å². The molecule has 0 saturated carbocycles. The normalized spacial score (nSPS) is 9.00. The Morgan fingerprint density at radius 1 is 1.88 bits per heavy atom. The van der Waals surface area contributed by atoms with Gasteiger partial charge >= 0.3 is 0 Å². The van der Waals surface area contributed by atoms with Crippen LogP contribution in [0.1, 0.15) is 5.56 Å². The molecule has 0 fully saturated rings. The zero-order chi connectivity index (χ0) is 5.82. The van der Waals surface area contributed by atoms with Gasteiger partial charge in [0.15, 0.2) is 0 Å². The van der Waals surface area contributed by atoms with E-state index < -0.39 is 0 Å². The predicted molar refractivity (Wildman–Crippen MR) is 35.9 cm³/mol. The van der Waals surface area contributed by atoms with Crippen LogP contribution < -0.4 is 0 Å². The lowest BCUT2D eigenvalue weighted by molar-refractivity contribution is 1.09. The van der Waals surface area contributed by atoms with E-state index in [0.717, 1.165) is 12.0 Å². The molecule has 0 aliphatic heterocycles. The molecule has 0 saturated heterocycles. The summed E-state index contributed by atoms with van der Waals surface area (Å²) >= 11 is 4.63. The van der Waals surface area contributed by atoms with E-state index in [1.807, 2.05) is 6.20 Å². The Hall–Kier alpha value is -0.700. The topological polar surface area (TPSA) is 28.7 Å². The Bertz CT molecular complexity index is 157. The number of nitrogens with one attached hydrogen (secondary N) is 1. The number of nitrogens with zero attached hydrogens (tertiary/aromatic N) is 1. The highest BCUT2D eigenvalue weighted by Crippen LogP contribution is 1.91. The fourth-order valence-electron chi connectivity index (χ4n) is 0.485. The molecule has 3 heteroatoms. The second-order valence-corrected chi connectivity index (χ2v) is 1.81. The highest BCUT2D eigenvalue weighted by atomic mass is 32.1. The van der Waals surface area contributed by atoms with Gasteiger partial charge in [-0.05, 0) is 10.9 Å². The SMILES string of the molecule is S=CCc1cn[nH]c1. The van der Waals surface area contributed by atoms with E-state index >= 15 is 0 Å². The minimum Gasteiger partial charge on any atom is -0.285 e. The van der Waals surface area contributed by atoms with Crippen molar-refractivity contribution in [3.05, 3.63) is 18.0 Å². The van der Waals surface area contributed by atoms with Gasteiger partial charge in [-0.25, -0.2) is 0 Å². The molecular weight excluding hydrogens is 120 g/mol. The number of H-pyrrole nitrogens is 1. The van der Waals surface area contributed by atoms with Crippen molar-refractivity contribution in [1.29, 1.82) is 0 Å². The molecule has 0 bridgehead atoms. The third-order valence-corrected chi connectivity index (χ3v) is 1.04. The van der Waals surface area contributed by atoms with Crippen LogP contribution in [0.4, 0.5) is 0 Å². The molecule has 1 heterocycles. The molecule has 0 atom stereocenters. The summed E-state index contributed by atoms with van der Waals surface area (Å²) in [6.45, 7) is 0. The fraction of sp³-hybridized carbons (Fsp3) is 0.200. The van der Waals surface area contributed by atoms with Gasteiger partial charge in [-0.2, -0.15) is 5.10 Å². The lowest BCUT2D eigenvalue weighted by Crippen LogP contribution is -1.76. The summed E-state index contributed by atoms with van der Waals surface area (Å²) in [5.74, 6) is 0. The highest BCUT2D eigenvalue weighted by Gasteiger charge is 1.85. The van der Waals surface area contributed by atoms with Crippen LogP contribution in [0.2, 0.25) is 0 Å². The molecule has 0 aliphatic rings. The van der Waals surface area contributed by atoms with E-state index in [2.05, 4.69) is 22.4 Å². The molecule has 0 amide bonds. The lowest BCUT2D eigenvalue weighted by Gasteiger charge is -1.78. The summed E-state index contributed by atoms with van der Waals surface area (Å²) in [6, 6.07) is 0. The van der Waals surface area contributed by atoms with Crippen LogP contribution in [0.15, 0.2) is 12.4 Å². The minimum atomic E-state index is 0.825. The van der Waals surface area contributed by atoms with Gasteiger partial charge in [0.25, 0.3) is 0 Å². The van der Waals surface area contributed by atoms with E-state index in [1.165, 1.54) is 0 Å². The first-order valence-electron chi connectivity index (χ1n) is 2.35. The molecule has 0 spiro atoms. The maximum Gasteiger partial charge on any atom is 0.0522 e. The molecular formula is C5H6N2S. The van der Waals surface area contributed by atoms with E-state index in [9.17, 15) is 0 Å². The van der Waals surface area contributed by atoms with Crippen LogP contribution in [0.3, 0.4) is 0 Å². The fourth-order valence-corrected chi connectivity index (χ4v) is 0.678. The number of aromatic nitrogens is 2. The number of thiocarbonyl (C=S) groups is 1. The second kappa shape index (κ2) is 2.57. The molecule has 42 valence electrons. The summed E-state index contributed by atoms with van der Waals surface area (Å²) in [5.41, 5.74) is 1.14. The van der Waals surface area contributed by atoms with Crippen molar-refractivity contribution in [3.8, 4) is 0 Å². The average Bonchev–Trinajstić information content (AvgIpc) is 2.19. The van der Waals surface area contributed by atoms with Gasteiger partial charge in [-0.3, -0.25) is 5.10 Å². The zero-order valence-corrected chi connectivity index (χ0v) is 5.11. The Kier molecular flexibility index (Phi) is 1.75. The molecule has 1 aromatic heterocycles. The number of hydrogen-bond donors (Lipinski definition) is 1. The zero-order valence-electron chi connectivity index (χ0n) is 4.29. The van der Waals surface area contributed by atoms with Gasteiger partial charge in [0, 0.05) is 12.6 Å². The Balaban J connectivity index is 2.62. The standard InChI is InChI=1S/C5H6N2S/c8-2-1-5-3-6-7-4-5/h2-4H,1H2,(H,6,7).